The van der Waals surface area contributed by atoms with Gasteiger partial charge in [0.15, 0.2) is 0 Å². The highest BCUT2D eigenvalue weighted by molar-refractivity contribution is 5.94. The second-order valence-corrected chi connectivity index (χ2v) is 7.84. The molecule has 1 fully saturated rings. The van der Waals surface area contributed by atoms with Crippen molar-refractivity contribution in [3.8, 4) is 17.2 Å². The van der Waals surface area contributed by atoms with Gasteiger partial charge in [-0.1, -0.05) is 24.3 Å². The fourth-order valence-corrected chi connectivity index (χ4v) is 3.98. The summed E-state index contributed by atoms with van der Waals surface area (Å²) in [6.45, 7) is 2.32. The molecule has 2 heterocycles. The lowest BCUT2D eigenvalue weighted by Crippen LogP contribution is -2.29. The van der Waals surface area contributed by atoms with Crippen LogP contribution >= 0.6 is 0 Å². The van der Waals surface area contributed by atoms with Crippen LogP contribution in [0.15, 0.2) is 66.9 Å². The number of rotatable bonds is 6. The minimum atomic E-state index is -0.239. The number of hydrogen-bond acceptors (Lipinski definition) is 4. The predicted molar refractivity (Wildman–Crippen MR) is 123 cm³/mol. The summed E-state index contributed by atoms with van der Waals surface area (Å²) in [5.74, 6) is -0.239. The van der Waals surface area contributed by atoms with Gasteiger partial charge in [0, 0.05) is 42.7 Å². The van der Waals surface area contributed by atoms with Crippen molar-refractivity contribution in [3.05, 3.63) is 83.7 Å². The van der Waals surface area contributed by atoms with Crippen molar-refractivity contribution in [2.24, 2.45) is 0 Å². The summed E-state index contributed by atoms with van der Waals surface area (Å²) in [5.41, 5.74) is 6.21. The van der Waals surface area contributed by atoms with Crippen molar-refractivity contribution < 1.29 is 4.79 Å². The maximum absolute atomic E-state index is 12.0. The van der Waals surface area contributed by atoms with E-state index in [0.717, 1.165) is 36.3 Å². The monoisotopic (exact) mass is 410 g/mol. The van der Waals surface area contributed by atoms with Gasteiger partial charge in [0.25, 0.3) is 5.91 Å². The van der Waals surface area contributed by atoms with Crippen LogP contribution in [0.1, 0.15) is 40.9 Å². The highest BCUT2D eigenvalue weighted by Gasteiger charge is 2.11. The normalized spacial score (nSPS) is 13.5. The number of anilines is 1. The van der Waals surface area contributed by atoms with E-state index in [2.05, 4.69) is 45.5 Å². The molecule has 5 heteroatoms. The molecule has 1 aliphatic heterocycles. The number of nitrogens with zero attached hydrogens (tertiary/aromatic N) is 3. The van der Waals surface area contributed by atoms with Crippen molar-refractivity contribution in [2.45, 2.75) is 25.7 Å². The van der Waals surface area contributed by atoms with Gasteiger partial charge in [0.05, 0.1) is 6.07 Å². The number of hydrogen-bond donors (Lipinski definition) is 1. The molecule has 0 radical (unpaired) electrons. The fraction of sp³-hybridized carbons (Fsp3) is 0.269. The van der Waals surface area contributed by atoms with Gasteiger partial charge < -0.3 is 10.2 Å². The van der Waals surface area contributed by atoms with Crippen LogP contribution in [0.2, 0.25) is 0 Å². The molecule has 1 saturated heterocycles. The van der Waals surface area contributed by atoms with Crippen LogP contribution in [0, 0.1) is 11.3 Å². The number of carbonyl (C=O) groups excluding carboxylic acids is 1. The average molecular weight is 411 g/mol. The summed E-state index contributed by atoms with van der Waals surface area (Å²) in [6, 6.07) is 22.2. The van der Waals surface area contributed by atoms with Crippen molar-refractivity contribution >= 4 is 11.6 Å². The SMILES string of the molecule is N#CCNC(=O)c1ccc(-c2ccnc(Cc3ccc(N4CCCCC4)cc3)c2)cc1. The lowest BCUT2D eigenvalue weighted by Gasteiger charge is -2.28. The maximum Gasteiger partial charge on any atom is 0.252 e. The summed E-state index contributed by atoms with van der Waals surface area (Å²) in [5, 5.41) is 11.1. The largest absolute Gasteiger partial charge is 0.372 e. The van der Waals surface area contributed by atoms with Crippen LogP contribution in [0.4, 0.5) is 5.69 Å². The van der Waals surface area contributed by atoms with E-state index in [1.165, 1.54) is 30.5 Å². The highest BCUT2D eigenvalue weighted by Crippen LogP contribution is 2.23. The summed E-state index contributed by atoms with van der Waals surface area (Å²) >= 11 is 0. The lowest BCUT2D eigenvalue weighted by molar-refractivity contribution is 0.0958. The molecule has 1 N–H and O–H groups in total. The van der Waals surface area contributed by atoms with Crippen LogP contribution in [0.3, 0.4) is 0 Å². The molecule has 0 saturated carbocycles. The van der Waals surface area contributed by atoms with Crippen LogP contribution in [0.25, 0.3) is 11.1 Å². The Hall–Kier alpha value is -3.65. The third kappa shape index (κ3) is 5.29. The number of pyridine rings is 1. The molecule has 0 atom stereocenters. The van der Waals surface area contributed by atoms with Crippen LogP contribution < -0.4 is 10.2 Å². The number of amides is 1. The number of nitriles is 1. The van der Waals surface area contributed by atoms with E-state index in [4.69, 9.17) is 5.26 Å². The smallest absolute Gasteiger partial charge is 0.252 e. The van der Waals surface area contributed by atoms with Gasteiger partial charge in [-0.25, -0.2) is 0 Å². The van der Waals surface area contributed by atoms with Gasteiger partial charge in [0.1, 0.15) is 6.54 Å². The van der Waals surface area contributed by atoms with Gasteiger partial charge in [-0.05, 0) is 72.4 Å². The van der Waals surface area contributed by atoms with E-state index in [1.807, 2.05) is 30.5 Å². The highest BCUT2D eigenvalue weighted by atomic mass is 16.1. The molecule has 31 heavy (non-hydrogen) atoms. The van der Waals surface area contributed by atoms with Gasteiger partial charge >= 0.3 is 0 Å². The van der Waals surface area contributed by atoms with E-state index < -0.39 is 0 Å². The minimum Gasteiger partial charge on any atom is -0.372 e. The number of carbonyl (C=O) groups is 1. The van der Waals surface area contributed by atoms with E-state index in [1.54, 1.807) is 12.1 Å². The first-order valence-electron chi connectivity index (χ1n) is 10.8. The second-order valence-electron chi connectivity index (χ2n) is 7.84. The first kappa shape index (κ1) is 20.6. The maximum atomic E-state index is 12.0. The van der Waals surface area contributed by atoms with E-state index in [0.29, 0.717) is 5.56 Å². The Morgan fingerprint density at radius 1 is 0.968 bits per heavy atom. The molecule has 3 aromatic rings. The fourth-order valence-electron chi connectivity index (χ4n) is 3.98. The van der Waals surface area contributed by atoms with Gasteiger partial charge in [-0.15, -0.1) is 0 Å². The summed E-state index contributed by atoms with van der Waals surface area (Å²) < 4.78 is 0. The molecule has 0 bridgehead atoms. The first-order valence-corrected chi connectivity index (χ1v) is 10.8. The van der Waals surface area contributed by atoms with Gasteiger partial charge in [-0.3, -0.25) is 9.78 Å². The van der Waals surface area contributed by atoms with E-state index >= 15 is 0 Å². The zero-order chi connectivity index (χ0) is 21.5. The average Bonchev–Trinajstić information content (AvgIpc) is 2.84. The Balaban J connectivity index is 1.43. The minimum absolute atomic E-state index is 0.00725. The Bertz CT molecular complexity index is 1060. The number of aromatic nitrogens is 1. The van der Waals surface area contributed by atoms with Gasteiger partial charge in [-0.2, -0.15) is 5.26 Å². The van der Waals surface area contributed by atoms with Crippen molar-refractivity contribution in [1.29, 1.82) is 5.26 Å². The molecule has 5 nitrogen and oxygen atoms in total. The lowest BCUT2D eigenvalue weighted by atomic mass is 10.0. The number of nitrogens with one attached hydrogen (secondary N) is 1. The number of piperidine rings is 1. The van der Waals surface area contributed by atoms with Crippen LogP contribution in [-0.4, -0.2) is 30.5 Å². The Morgan fingerprint density at radius 2 is 1.71 bits per heavy atom. The molecule has 2 aromatic carbocycles. The van der Waals surface area contributed by atoms with Crippen molar-refractivity contribution in [2.75, 3.05) is 24.5 Å². The molecular weight excluding hydrogens is 384 g/mol. The number of benzene rings is 2. The molecule has 156 valence electrons. The quantitative estimate of drug-likeness (QED) is 0.604. The summed E-state index contributed by atoms with van der Waals surface area (Å²) in [7, 11) is 0. The zero-order valence-corrected chi connectivity index (χ0v) is 17.6. The second kappa shape index (κ2) is 9.90. The third-order valence-corrected chi connectivity index (χ3v) is 5.67. The molecule has 1 aromatic heterocycles. The van der Waals surface area contributed by atoms with E-state index in [-0.39, 0.29) is 12.5 Å². The van der Waals surface area contributed by atoms with Crippen LogP contribution in [-0.2, 0) is 6.42 Å². The molecule has 1 aliphatic rings. The Kier molecular flexibility index (Phi) is 6.59. The molecule has 0 unspecified atom stereocenters. The Labute approximate surface area is 183 Å². The van der Waals surface area contributed by atoms with Crippen LogP contribution in [0.5, 0.6) is 0 Å². The topological polar surface area (TPSA) is 69.0 Å². The van der Waals surface area contributed by atoms with E-state index in [9.17, 15) is 4.79 Å². The molecular formula is C26H26N4O. The standard InChI is InChI=1S/C26H26N4O/c27-13-15-29-26(31)22-8-6-21(7-9-22)23-12-14-28-24(19-23)18-20-4-10-25(11-5-20)30-16-2-1-3-17-30/h4-12,14,19H,1-3,15-18H2,(H,29,31). The molecule has 0 aliphatic carbocycles. The molecule has 1 amide bonds. The van der Waals surface area contributed by atoms with Crippen molar-refractivity contribution in [1.82, 2.24) is 10.3 Å². The zero-order valence-electron chi connectivity index (χ0n) is 17.6. The summed E-state index contributed by atoms with van der Waals surface area (Å²) in [4.78, 5) is 19.0. The Morgan fingerprint density at radius 3 is 2.42 bits per heavy atom. The third-order valence-electron chi connectivity index (χ3n) is 5.67. The predicted octanol–water partition coefficient (Wildman–Crippen LogP) is 4.58. The molecule has 0 spiro atoms. The first-order chi connectivity index (χ1) is 15.2. The van der Waals surface area contributed by atoms with Crippen molar-refractivity contribution in [3.63, 3.8) is 0 Å². The van der Waals surface area contributed by atoms with Gasteiger partial charge in [0.2, 0.25) is 0 Å². The molecule has 4 rings (SSSR count). The summed E-state index contributed by atoms with van der Waals surface area (Å²) in [6.07, 6.45) is 6.52.